The maximum Gasteiger partial charge on any atom is 0.242 e. The second kappa shape index (κ2) is 6.06. The van der Waals surface area contributed by atoms with Gasteiger partial charge in [0.05, 0.1) is 5.54 Å². The minimum absolute atomic E-state index is 0.0571. The molecule has 0 radical (unpaired) electrons. The molecule has 1 aromatic carbocycles. The first-order valence-corrected chi connectivity index (χ1v) is 7.69. The normalized spacial score (nSPS) is 19.6. The zero-order valence-corrected chi connectivity index (χ0v) is 13.2. The van der Waals surface area contributed by atoms with Crippen LogP contribution in [-0.4, -0.2) is 34.5 Å². The fraction of sp³-hybridized carbons (Fsp3) is 0.588. The Labute approximate surface area is 126 Å². The second-order valence-corrected chi connectivity index (χ2v) is 6.60. The van der Waals surface area contributed by atoms with Crippen molar-refractivity contribution in [3.63, 3.8) is 0 Å². The van der Waals surface area contributed by atoms with Crippen LogP contribution in [0, 0.1) is 5.92 Å². The number of nitrogens with two attached hydrogens (primary N) is 1. The van der Waals surface area contributed by atoms with E-state index in [4.69, 9.17) is 5.73 Å². The number of likely N-dealkylation sites (tertiary alicyclic amines) is 1. The number of nitrogens with zero attached hydrogens (tertiary/aromatic N) is 1. The summed E-state index contributed by atoms with van der Waals surface area (Å²) < 4.78 is 0. The second-order valence-electron chi connectivity index (χ2n) is 6.60. The van der Waals surface area contributed by atoms with Gasteiger partial charge in [0.1, 0.15) is 5.75 Å². The Balaban J connectivity index is 1.97. The molecule has 1 aliphatic rings. The number of benzene rings is 1. The third kappa shape index (κ3) is 3.38. The number of piperidine rings is 1. The zero-order chi connectivity index (χ0) is 15.6. The van der Waals surface area contributed by atoms with E-state index in [2.05, 4.69) is 0 Å². The van der Waals surface area contributed by atoms with Crippen molar-refractivity contribution >= 4 is 5.91 Å². The molecule has 1 unspecified atom stereocenters. The fourth-order valence-corrected chi connectivity index (χ4v) is 2.75. The SMILES string of the molecule is CC(C)C(C)(N)C(=O)N1CCC(c2ccc(O)cc2)CC1. The summed E-state index contributed by atoms with van der Waals surface area (Å²) in [6.45, 7) is 7.31. The average molecular weight is 290 g/mol. The average Bonchev–Trinajstić information content (AvgIpc) is 2.47. The minimum Gasteiger partial charge on any atom is -0.508 e. The molecule has 1 saturated heterocycles. The maximum absolute atomic E-state index is 12.5. The van der Waals surface area contributed by atoms with E-state index in [1.54, 1.807) is 12.1 Å². The van der Waals surface area contributed by atoms with Crippen molar-refractivity contribution in [2.24, 2.45) is 11.7 Å². The van der Waals surface area contributed by atoms with Crippen LogP contribution >= 0.6 is 0 Å². The first-order valence-electron chi connectivity index (χ1n) is 7.69. The van der Waals surface area contributed by atoms with E-state index in [-0.39, 0.29) is 11.8 Å². The van der Waals surface area contributed by atoms with E-state index in [0.29, 0.717) is 11.7 Å². The highest BCUT2D eigenvalue weighted by Crippen LogP contribution is 2.30. The molecule has 1 fully saturated rings. The predicted octanol–water partition coefficient (Wildman–Crippen LogP) is 2.47. The van der Waals surface area contributed by atoms with Gasteiger partial charge in [-0.3, -0.25) is 4.79 Å². The number of carbonyl (C=O) groups is 1. The van der Waals surface area contributed by atoms with Crippen LogP contribution in [0.2, 0.25) is 0 Å². The van der Waals surface area contributed by atoms with Crippen LogP contribution in [0.4, 0.5) is 0 Å². The summed E-state index contributed by atoms with van der Waals surface area (Å²) in [7, 11) is 0. The van der Waals surface area contributed by atoms with E-state index in [1.807, 2.05) is 37.8 Å². The van der Waals surface area contributed by atoms with Crippen LogP contribution < -0.4 is 5.73 Å². The van der Waals surface area contributed by atoms with Crippen LogP contribution in [0.3, 0.4) is 0 Å². The van der Waals surface area contributed by atoms with Crippen molar-refractivity contribution in [2.75, 3.05) is 13.1 Å². The van der Waals surface area contributed by atoms with Crippen molar-refractivity contribution in [2.45, 2.75) is 45.1 Å². The molecule has 1 aliphatic heterocycles. The van der Waals surface area contributed by atoms with Gasteiger partial charge in [0.15, 0.2) is 0 Å². The number of aromatic hydroxyl groups is 1. The van der Waals surface area contributed by atoms with Gasteiger partial charge >= 0.3 is 0 Å². The number of phenols is 1. The number of rotatable bonds is 3. The van der Waals surface area contributed by atoms with Gasteiger partial charge in [-0.05, 0) is 49.3 Å². The van der Waals surface area contributed by atoms with Gasteiger partial charge in [0, 0.05) is 13.1 Å². The molecule has 1 amide bonds. The first-order chi connectivity index (χ1) is 9.82. The van der Waals surface area contributed by atoms with Crippen LogP contribution in [0.25, 0.3) is 0 Å². The van der Waals surface area contributed by atoms with Crippen molar-refractivity contribution < 1.29 is 9.90 Å². The molecule has 0 saturated carbocycles. The van der Waals surface area contributed by atoms with Gasteiger partial charge in [-0.2, -0.15) is 0 Å². The van der Waals surface area contributed by atoms with Gasteiger partial charge in [0.25, 0.3) is 0 Å². The quantitative estimate of drug-likeness (QED) is 0.898. The fourth-order valence-electron chi connectivity index (χ4n) is 2.75. The van der Waals surface area contributed by atoms with Gasteiger partial charge in [-0.15, -0.1) is 0 Å². The lowest BCUT2D eigenvalue weighted by Crippen LogP contribution is -2.57. The molecule has 0 spiro atoms. The van der Waals surface area contributed by atoms with Gasteiger partial charge in [0.2, 0.25) is 5.91 Å². The standard InChI is InChI=1S/C17H26N2O2/c1-12(2)17(3,18)16(21)19-10-8-14(9-11-19)13-4-6-15(20)7-5-13/h4-7,12,14,20H,8-11,18H2,1-3H3. The van der Waals surface area contributed by atoms with E-state index >= 15 is 0 Å². The summed E-state index contributed by atoms with van der Waals surface area (Å²) in [5, 5.41) is 9.34. The highest BCUT2D eigenvalue weighted by Gasteiger charge is 2.37. The van der Waals surface area contributed by atoms with E-state index in [0.717, 1.165) is 25.9 Å². The lowest BCUT2D eigenvalue weighted by Gasteiger charge is -2.38. The Morgan fingerprint density at radius 1 is 1.29 bits per heavy atom. The molecule has 1 aromatic rings. The molecular weight excluding hydrogens is 264 g/mol. The molecule has 116 valence electrons. The highest BCUT2D eigenvalue weighted by molar-refractivity contribution is 5.86. The minimum atomic E-state index is -0.786. The third-order valence-corrected chi connectivity index (χ3v) is 4.81. The van der Waals surface area contributed by atoms with Gasteiger partial charge < -0.3 is 15.7 Å². The number of carbonyl (C=O) groups excluding carboxylic acids is 1. The molecule has 2 rings (SSSR count). The molecule has 0 aromatic heterocycles. The highest BCUT2D eigenvalue weighted by atomic mass is 16.3. The summed E-state index contributed by atoms with van der Waals surface area (Å²) >= 11 is 0. The zero-order valence-electron chi connectivity index (χ0n) is 13.2. The molecule has 1 heterocycles. The predicted molar refractivity (Wildman–Crippen MR) is 84.1 cm³/mol. The van der Waals surface area contributed by atoms with Crippen LogP contribution in [0.1, 0.15) is 45.1 Å². The molecule has 3 N–H and O–H groups in total. The Hall–Kier alpha value is -1.55. The number of amides is 1. The summed E-state index contributed by atoms with van der Waals surface area (Å²) in [5.74, 6) is 0.932. The topological polar surface area (TPSA) is 66.6 Å². The van der Waals surface area contributed by atoms with Crippen LogP contribution in [0.5, 0.6) is 5.75 Å². The van der Waals surface area contributed by atoms with E-state index < -0.39 is 5.54 Å². The Morgan fingerprint density at radius 2 is 1.81 bits per heavy atom. The lowest BCUT2D eigenvalue weighted by atomic mass is 9.85. The number of hydrogen-bond donors (Lipinski definition) is 2. The summed E-state index contributed by atoms with van der Waals surface area (Å²) in [4.78, 5) is 14.4. The van der Waals surface area contributed by atoms with Crippen LogP contribution in [-0.2, 0) is 4.79 Å². The summed E-state index contributed by atoms with van der Waals surface area (Å²) in [6, 6.07) is 7.39. The van der Waals surface area contributed by atoms with Gasteiger partial charge in [-0.25, -0.2) is 0 Å². The van der Waals surface area contributed by atoms with Crippen molar-refractivity contribution in [1.82, 2.24) is 4.90 Å². The van der Waals surface area contributed by atoms with E-state index in [1.165, 1.54) is 5.56 Å². The largest absolute Gasteiger partial charge is 0.508 e. The molecular formula is C17H26N2O2. The molecule has 21 heavy (non-hydrogen) atoms. The first kappa shape index (κ1) is 15.8. The Bertz CT molecular complexity index is 486. The van der Waals surface area contributed by atoms with E-state index in [9.17, 15) is 9.90 Å². The molecule has 4 nitrogen and oxygen atoms in total. The summed E-state index contributed by atoms with van der Waals surface area (Å²) in [5.41, 5.74) is 6.63. The van der Waals surface area contributed by atoms with Gasteiger partial charge in [-0.1, -0.05) is 26.0 Å². The summed E-state index contributed by atoms with van der Waals surface area (Å²) in [6.07, 6.45) is 1.90. The Kier molecular flexibility index (Phi) is 4.57. The Morgan fingerprint density at radius 3 is 2.29 bits per heavy atom. The third-order valence-electron chi connectivity index (χ3n) is 4.81. The number of hydrogen-bond acceptors (Lipinski definition) is 3. The lowest BCUT2D eigenvalue weighted by molar-refractivity contribution is -0.139. The maximum atomic E-state index is 12.5. The van der Waals surface area contributed by atoms with Crippen molar-refractivity contribution in [3.8, 4) is 5.75 Å². The monoisotopic (exact) mass is 290 g/mol. The molecule has 0 aliphatic carbocycles. The molecule has 4 heteroatoms. The molecule has 0 bridgehead atoms. The number of phenolic OH excluding ortho intramolecular Hbond substituents is 1. The van der Waals surface area contributed by atoms with Crippen molar-refractivity contribution in [3.05, 3.63) is 29.8 Å². The smallest absolute Gasteiger partial charge is 0.242 e. The van der Waals surface area contributed by atoms with Crippen LogP contribution in [0.15, 0.2) is 24.3 Å². The van der Waals surface area contributed by atoms with Crippen molar-refractivity contribution in [1.29, 1.82) is 0 Å². The molecule has 1 atom stereocenters.